The minimum atomic E-state index is -0.859. The lowest BCUT2D eigenvalue weighted by Gasteiger charge is -2.32. The van der Waals surface area contributed by atoms with Crippen LogP contribution in [0.15, 0.2) is 48.5 Å². The van der Waals surface area contributed by atoms with Gasteiger partial charge in [-0.2, -0.15) is 4.98 Å². The molecule has 1 amide bonds. The van der Waals surface area contributed by atoms with Gasteiger partial charge in [0.1, 0.15) is 23.0 Å². The molecule has 1 aliphatic rings. The number of rotatable bonds is 5. The van der Waals surface area contributed by atoms with Gasteiger partial charge >= 0.3 is 0 Å². The summed E-state index contributed by atoms with van der Waals surface area (Å²) in [5.74, 6) is -1.10. The largest absolute Gasteiger partial charge is 0.362 e. The third-order valence-electron chi connectivity index (χ3n) is 5.52. The van der Waals surface area contributed by atoms with Crippen LogP contribution in [0.5, 0.6) is 0 Å². The van der Waals surface area contributed by atoms with Crippen molar-refractivity contribution < 1.29 is 13.6 Å². The van der Waals surface area contributed by atoms with E-state index in [1.165, 1.54) is 11.0 Å². The van der Waals surface area contributed by atoms with Gasteiger partial charge in [0.2, 0.25) is 5.95 Å². The monoisotopic (exact) mass is 437 g/mol. The van der Waals surface area contributed by atoms with Crippen molar-refractivity contribution in [1.82, 2.24) is 14.9 Å². The maximum absolute atomic E-state index is 14.2. The normalized spacial score (nSPS) is 13.0. The summed E-state index contributed by atoms with van der Waals surface area (Å²) >= 11 is 0. The summed E-state index contributed by atoms with van der Waals surface area (Å²) in [7, 11) is 5.69. The Balaban J connectivity index is 1.63. The number of anilines is 2. The Kier molecular flexibility index (Phi) is 6.03. The fourth-order valence-corrected chi connectivity index (χ4v) is 3.89. The van der Waals surface area contributed by atoms with E-state index in [1.807, 2.05) is 61.3 Å². The van der Waals surface area contributed by atoms with Crippen molar-refractivity contribution in [3.05, 3.63) is 82.5 Å². The van der Waals surface area contributed by atoms with Gasteiger partial charge in [-0.3, -0.25) is 4.79 Å². The van der Waals surface area contributed by atoms with Gasteiger partial charge in [-0.05, 0) is 17.7 Å². The first-order valence-electron chi connectivity index (χ1n) is 10.4. The molecular formula is C24H25F2N5O. The van der Waals surface area contributed by atoms with Crippen molar-refractivity contribution in [1.29, 1.82) is 0 Å². The number of benzene rings is 2. The van der Waals surface area contributed by atoms with Crippen molar-refractivity contribution >= 4 is 17.7 Å². The topological polar surface area (TPSA) is 52.6 Å². The van der Waals surface area contributed by atoms with Crippen LogP contribution < -0.4 is 9.80 Å². The highest BCUT2D eigenvalue weighted by atomic mass is 19.1. The number of fused-ring (bicyclic) bond motifs is 1. The zero-order chi connectivity index (χ0) is 22.8. The van der Waals surface area contributed by atoms with E-state index in [4.69, 9.17) is 9.97 Å². The van der Waals surface area contributed by atoms with Gasteiger partial charge in [0, 0.05) is 46.2 Å². The molecule has 4 rings (SSSR count). The molecule has 8 heteroatoms. The number of carbonyl (C=O) groups excluding carboxylic acids is 1. The minimum Gasteiger partial charge on any atom is -0.362 e. The average molecular weight is 437 g/mol. The first kappa shape index (κ1) is 21.7. The van der Waals surface area contributed by atoms with Gasteiger partial charge in [0.25, 0.3) is 5.91 Å². The molecule has 166 valence electrons. The van der Waals surface area contributed by atoms with Crippen LogP contribution in [0.3, 0.4) is 0 Å². The van der Waals surface area contributed by atoms with Crippen LogP contribution in [0.2, 0.25) is 0 Å². The Bertz CT molecular complexity index is 1120. The quantitative estimate of drug-likeness (QED) is 0.610. The zero-order valence-electron chi connectivity index (χ0n) is 18.3. The van der Waals surface area contributed by atoms with E-state index in [9.17, 15) is 13.6 Å². The molecule has 0 spiro atoms. The Morgan fingerprint density at radius 2 is 1.69 bits per heavy atom. The second kappa shape index (κ2) is 8.90. The van der Waals surface area contributed by atoms with Crippen LogP contribution in [0.1, 0.15) is 27.2 Å². The van der Waals surface area contributed by atoms with Crippen LogP contribution in [0.4, 0.5) is 20.5 Å². The molecule has 0 unspecified atom stereocenters. The number of hydrogen-bond donors (Lipinski definition) is 0. The molecule has 0 bridgehead atoms. The Labute approximate surface area is 186 Å². The standard InChI is InChI=1S/C24H25F2N5O/c1-29(2)22-17-15-31(23(32)21-18(25)10-7-11-19(21)26)13-12-20(17)27-24(28-22)30(3)14-16-8-5-4-6-9-16/h4-11H,12-15H2,1-3H3. The fraction of sp³-hybridized carbons (Fsp3) is 0.292. The van der Waals surface area contributed by atoms with Crippen molar-refractivity contribution in [2.75, 3.05) is 37.5 Å². The molecule has 0 radical (unpaired) electrons. The van der Waals surface area contributed by atoms with Crippen molar-refractivity contribution in [3.63, 3.8) is 0 Å². The highest BCUT2D eigenvalue weighted by molar-refractivity contribution is 5.95. The smallest absolute Gasteiger partial charge is 0.260 e. The second-order valence-corrected chi connectivity index (χ2v) is 8.08. The number of amides is 1. The summed E-state index contributed by atoms with van der Waals surface area (Å²) in [6.07, 6.45) is 0.479. The van der Waals surface area contributed by atoms with E-state index in [2.05, 4.69) is 0 Å². The van der Waals surface area contributed by atoms with E-state index >= 15 is 0 Å². The van der Waals surface area contributed by atoms with E-state index in [0.29, 0.717) is 31.3 Å². The molecule has 2 heterocycles. The molecule has 3 aromatic rings. The lowest BCUT2D eigenvalue weighted by molar-refractivity contribution is 0.0723. The molecule has 32 heavy (non-hydrogen) atoms. The third kappa shape index (κ3) is 4.26. The number of carbonyl (C=O) groups is 1. The molecule has 1 aliphatic heterocycles. The molecule has 0 fully saturated rings. The molecule has 2 aromatic carbocycles. The summed E-state index contributed by atoms with van der Waals surface area (Å²) in [6.45, 7) is 1.17. The van der Waals surface area contributed by atoms with Crippen LogP contribution in [0.25, 0.3) is 0 Å². The lowest BCUT2D eigenvalue weighted by atomic mass is 10.0. The van der Waals surface area contributed by atoms with Crippen molar-refractivity contribution in [2.24, 2.45) is 0 Å². The Morgan fingerprint density at radius 3 is 2.34 bits per heavy atom. The van der Waals surface area contributed by atoms with Crippen LogP contribution in [0, 0.1) is 11.6 Å². The molecule has 1 aromatic heterocycles. The van der Waals surface area contributed by atoms with Crippen molar-refractivity contribution in [2.45, 2.75) is 19.5 Å². The first-order valence-corrected chi connectivity index (χ1v) is 10.4. The van der Waals surface area contributed by atoms with Crippen LogP contribution >= 0.6 is 0 Å². The van der Waals surface area contributed by atoms with E-state index in [1.54, 1.807) is 0 Å². The molecule has 6 nitrogen and oxygen atoms in total. The summed E-state index contributed by atoms with van der Waals surface area (Å²) in [5.41, 5.74) is 2.26. The lowest BCUT2D eigenvalue weighted by Crippen LogP contribution is -2.38. The molecular weight excluding hydrogens is 412 g/mol. The van der Waals surface area contributed by atoms with Gasteiger partial charge < -0.3 is 14.7 Å². The highest BCUT2D eigenvalue weighted by Crippen LogP contribution is 2.29. The second-order valence-electron chi connectivity index (χ2n) is 8.08. The SMILES string of the molecule is CN(C)c1nc(N(C)Cc2ccccc2)nc2c1CN(C(=O)c1c(F)cccc1F)CC2. The zero-order valence-corrected chi connectivity index (χ0v) is 18.3. The molecule has 0 saturated carbocycles. The Morgan fingerprint density at radius 1 is 1.00 bits per heavy atom. The van der Waals surface area contributed by atoms with Gasteiger partial charge in [0.05, 0.1) is 12.2 Å². The predicted octanol–water partition coefficient (Wildman–Crippen LogP) is 3.66. The molecule has 0 aliphatic carbocycles. The summed E-state index contributed by atoms with van der Waals surface area (Å²) in [4.78, 5) is 27.7. The number of nitrogens with zero attached hydrogens (tertiary/aromatic N) is 5. The van der Waals surface area contributed by atoms with Gasteiger partial charge in [0.15, 0.2) is 0 Å². The number of hydrogen-bond acceptors (Lipinski definition) is 5. The minimum absolute atomic E-state index is 0.193. The summed E-state index contributed by atoms with van der Waals surface area (Å²) in [5, 5.41) is 0. The Hall–Kier alpha value is -3.55. The number of halogens is 2. The predicted molar refractivity (Wildman–Crippen MR) is 120 cm³/mol. The van der Waals surface area contributed by atoms with Crippen LogP contribution in [-0.2, 0) is 19.5 Å². The van der Waals surface area contributed by atoms with E-state index in [-0.39, 0.29) is 6.54 Å². The van der Waals surface area contributed by atoms with Gasteiger partial charge in [-0.25, -0.2) is 13.8 Å². The highest BCUT2D eigenvalue weighted by Gasteiger charge is 2.30. The van der Waals surface area contributed by atoms with Crippen molar-refractivity contribution in [3.8, 4) is 0 Å². The average Bonchev–Trinajstić information content (AvgIpc) is 2.78. The molecule has 0 N–H and O–H groups in total. The fourth-order valence-electron chi connectivity index (χ4n) is 3.89. The van der Waals surface area contributed by atoms with E-state index in [0.717, 1.165) is 29.0 Å². The van der Waals surface area contributed by atoms with Gasteiger partial charge in [-0.15, -0.1) is 0 Å². The summed E-state index contributed by atoms with van der Waals surface area (Å²) in [6, 6.07) is 13.5. The maximum Gasteiger partial charge on any atom is 0.260 e. The first-order chi connectivity index (χ1) is 15.3. The maximum atomic E-state index is 14.2. The van der Waals surface area contributed by atoms with E-state index < -0.39 is 23.1 Å². The molecule has 0 atom stereocenters. The molecule has 0 saturated heterocycles. The summed E-state index contributed by atoms with van der Waals surface area (Å²) < 4.78 is 28.3. The van der Waals surface area contributed by atoms with Gasteiger partial charge in [-0.1, -0.05) is 36.4 Å². The number of aromatic nitrogens is 2. The third-order valence-corrected chi connectivity index (χ3v) is 5.52. The van der Waals surface area contributed by atoms with Crippen LogP contribution in [-0.4, -0.2) is 48.5 Å².